The first-order valence-corrected chi connectivity index (χ1v) is 7.72. The van der Waals surface area contributed by atoms with Gasteiger partial charge in [0.15, 0.2) is 0 Å². The van der Waals surface area contributed by atoms with Crippen molar-refractivity contribution in [2.45, 2.75) is 25.3 Å². The number of hydrogen-bond acceptors (Lipinski definition) is 3. The fourth-order valence-electron chi connectivity index (χ4n) is 3.61. The van der Waals surface area contributed by atoms with Crippen molar-refractivity contribution in [3.63, 3.8) is 0 Å². The van der Waals surface area contributed by atoms with Crippen LogP contribution in [0, 0.1) is 17.8 Å². The van der Waals surface area contributed by atoms with Gasteiger partial charge in [-0.1, -0.05) is 0 Å². The predicted octanol–water partition coefficient (Wildman–Crippen LogP) is 1.27. The van der Waals surface area contributed by atoms with E-state index in [1.165, 1.54) is 12.8 Å². The van der Waals surface area contributed by atoms with Crippen molar-refractivity contribution >= 4 is 5.91 Å². The molecule has 2 saturated carbocycles. The lowest BCUT2D eigenvalue weighted by Gasteiger charge is -2.38. The number of amides is 1. The largest absolute Gasteiger partial charge is 0.347 e. The van der Waals surface area contributed by atoms with Gasteiger partial charge in [0, 0.05) is 37.9 Å². The molecule has 2 heterocycles. The van der Waals surface area contributed by atoms with Crippen molar-refractivity contribution in [1.29, 1.82) is 0 Å². The minimum atomic E-state index is 0.209. The van der Waals surface area contributed by atoms with Crippen LogP contribution in [-0.2, 0) is 4.79 Å². The fourth-order valence-corrected chi connectivity index (χ4v) is 3.61. The number of hydrogen-bond donors (Lipinski definition) is 1. The summed E-state index contributed by atoms with van der Waals surface area (Å²) >= 11 is 0. The van der Waals surface area contributed by atoms with Crippen LogP contribution >= 0.6 is 0 Å². The van der Waals surface area contributed by atoms with E-state index in [4.69, 9.17) is 0 Å². The summed E-state index contributed by atoms with van der Waals surface area (Å²) in [6.07, 6.45) is 7.49. The third-order valence-corrected chi connectivity index (χ3v) is 5.18. The van der Waals surface area contributed by atoms with Gasteiger partial charge >= 0.3 is 0 Å². The molecule has 1 amide bonds. The number of carbonyl (C=O) groups excluding carboxylic acids is 1. The Morgan fingerprint density at radius 1 is 1.40 bits per heavy atom. The lowest BCUT2D eigenvalue weighted by molar-refractivity contribution is -0.135. The van der Waals surface area contributed by atoms with E-state index < -0.39 is 0 Å². The first-order valence-electron chi connectivity index (χ1n) is 7.72. The van der Waals surface area contributed by atoms with E-state index in [-0.39, 0.29) is 6.04 Å². The molecule has 0 bridgehead atoms. The minimum absolute atomic E-state index is 0.209. The van der Waals surface area contributed by atoms with Crippen LogP contribution in [-0.4, -0.2) is 52.4 Å². The number of nitrogens with zero attached hydrogens (tertiary/aromatic N) is 3. The number of aromatic nitrogens is 2. The van der Waals surface area contributed by atoms with Crippen molar-refractivity contribution in [3.05, 3.63) is 18.2 Å². The molecule has 5 nitrogen and oxygen atoms in total. The predicted molar refractivity (Wildman–Crippen MR) is 74.9 cm³/mol. The molecule has 1 N–H and O–H groups in total. The molecule has 1 aromatic heterocycles. The Bertz CT molecular complexity index is 496. The Morgan fingerprint density at radius 2 is 2.25 bits per heavy atom. The molecule has 1 aromatic rings. The van der Waals surface area contributed by atoms with Crippen LogP contribution in [0.5, 0.6) is 0 Å². The Hall–Kier alpha value is -1.36. The zero-order valence-electron chi connectivity index (χ0n) is 12.0. The van der Waals surface area contributed by atoms with Crippen LogP contribution in [0.1, 0.15) is 31.1 Å². The number of H-pyrrole nitrogens is 1. The first kappa shape index (κ1) is 12.4. The van der Waals surface area contributed by atoms with E-state index in [1.807, 2.05) is 6.20 Å². The van der Waals surface area contributed by atoms with Gasteiger partial charge in [-0.15, -0.1) is 0 Å². The molecule has 1 saturated heterocycles. The van der Waals surface area contributed by atoms with E-state index in [9.17, 15) is 4.79 Å². The SMILES string of the molecule is CN1CCN(C(=O)[C@@H]2C[C@H]2C2CC2)C[C@@H]1c1ncc[nH]1. The van der Waals surface area contributed by atoms with Gasteiger partial charge < -0.3 is 9.88 Å². The lowest BCUT2D eigenvalue weighted by atomic mass is 10.1. The standard InChI is InChI=1S/C15H22N4O/c1-18-6-7-19(9-13(18)14-16-4-5-17-14)15(20)12-8-11(12)10-2-3-10/h4-5,10-13H,2-3,6-9H2,1H3,(H,16,17)/t11-,12+,13+/m0/s1. The average Bonchev–Trinajstić information content (AvgIpc) is 3.35. The number of aromatic amines is 1. The summed E-state index contributed by atoms with van der Waals surface area (Å²) in [5.41, 5.74) is 0. The zero-order valence-corrected chi connectivity index (χ0v) is 12.0. The van der Waals surface area contributed by atoms with Crippen molar-refractivity contribution in [2.24, 2.45) is 17.8 Å². The van der Waals surface area contributed by atoms with Gasteiger partial charge in [-0.3, -0.25) is 9.69 Å². The van der Waals surface area contributed by atoms with Crippen LogP contribution < -0.4 is 0 Å². The molecule has 2 aliphatic carbocycles. The average molecular weight is 274 g/mol. The first-order chi connectivity index (χ1) is 9.74. The van der Waals surface area contributed by atoms with E-state index in [2.05, 4.69) is 26.8 Å². The monoisotopic (exact) mass is 274 g/mol. The highest BCUT2D eigenvalue weighted by Gasteiger charge is 2.52. The smallest absolute Gasteiger partial charge is 0.226 e. The van der Waals surface area contributed by atoms with Crippen molar-refractivity contribution < 1.29 is 4.79 Å². The Labute approximate surface area is 119 Å². The topological polar surface area (TPSA) is 52.2 Å². The second-order valence-corrected chi connectivity index (χ2v) is 6.60. The summed E-state index contributed by atoms with van der Waals surface area (Å²) in [6, 6.07) is 0.209. The molecule has 5 heteroatoms. The number of carbonyl (C=O) groups is 1. The van der Waals surface area contributed by atoms with Crippen LogP contribution in [0.25, 0.3) is 0 Å². The highest BCUT2D eigenvalue weighted by atomic mass is 16.2. The number of nitrogens with one attached hydrogen (secondary N) is 1. The van der Waals surface area contributed by atoms with Gasteiger partial charge in [-0.2, -0.15) is 0 Å². The molecule has 20 heavy (non-hydrogen) atoms. The zero-order chi connectivity index (χ0) is 13.7. The third-order valence-electron chi connectivity index (χ3n) is 5.18. The number of imidazole rings is 1. The quantitative estimate of drug-likeness (QED) is 0.903. The molecule has 4 rings (SSSR count). The highest BCUT2D eigenvalue weighted by Crippen LogP contribution is 2.55. The van der Waals surface area contributed by atoms with Crippen molar-refractivity contribution in [2.75, 3.05) is 26.7 Å². The summed E-state index contributed by atoms with van der Waals surface area (Å²) in [6.45, 7) is 2.56. The maximum absolute atomic E-state index is 12.6. The van der Waals surface area contributed by atoms with E-state index >= 15 is 0 Å². The maximum atomic E-state index is 12.6. The fraction of sp³-hybridized carbons (Fsp3) is 0.733. The van der Waals surface area contributed by atoms with Gasteiger partial charge in [0.2, 0.25) is 5.91 Å². The minimum Gasteiger partial charge on any atom is -0.347 e. The van der Waals surface area contributed by atoms with Gasteiger partial charge in [-0.05, 0) is 38.1 Å². The molecule has 0 radical (unpaired) electrons. The number of rotatable bonds is 3. The van der Waals surface area contributed by atoms with Crippen LogP contribution in [0.15, 0.2) is 12.4 Å². The Kier molecular flexibility index (Phi) is 2.84. The van der Waals surface area contributed by atoms with Crippen molar-refractivity contribution in [3.8, 4) is 0 Å². The van der Waals surface area contributed by atoms with E-state index in [0.717, 1.165) is 37.8 Å². The summed E-state index contributed by atoms with van der Waals surface area (Å²) in [5, 5.41) is 0. The lowest BCUT2D eigenvalue weighted by Crippen LogP contribution is -2.49. The maximum Gasteiger partial charge on any atom is 0.226 e. The second-order valence-electron chi connectivity index (χ2n) is 6.60. The summed E-state index contributed by atoms with van der Waals surface area (Å²) in [4.78, 5) is 24.5. The molecule has 1 aliphatic heterocycles. The summed E-state index contributed by atoms with van der Waals surface area (Å²) in [5.74, 6) is 3.29. The highest BCUT2D eigenvalue weighted by molar-refractivity contribution is 5.82. The van der Waals surface area contributed by atoms with Gasteiger partial charge in [0.1, 0.15) is 5.82 Å². The number of piperazine rings is 1. The molecule has 3 fully saturated rings. The van der Waals surface area contributed by atoms with Crippen LogP contribution in [0.4, 0.5) is 0 Å². The summed E-state index contributed by atoms with van der Waals surface area (Å²) in [7, 11) is 2.11. The second kappa shape index (κ2) is 4.58. The van der Waals surface area contributed by atoms with Crippen LogP contribution in [0.2, 0.25) is 0 Å². The van der Waals surface area contributed by atoms with Crippen LogP contribution in [0.3, 0.4) is 0 Å². The molecular formula is C15H22N4O. The van der Waals surface area contributed by atoms with Crippen molar-refractivity contribution in [1.82, 2.24) is 19.8 Å². The van der Waals surface area contributed by atoms with Gasteiger partial charge in [0.05, 0.1) is 6.04 Å². The molecule has 0 unspecified atom stereocenters. The number of likely N-dealkylation sites (N-methyl/N-ethyl adjacent to an activating group) is 1. The molecule has 0 aromatic carbocycles. The van der Waals surface area contributed by atoms with Gasteiger partial charge in [0.25, 0.3) is 0 Å². The Morgan fingerprint density at radius 3 is 2.95 bits per heavy atom. The van der Waals surface area contributed by atoms with E-state index in [1.54, 1.807) is 6.20 Å². The molecule has 0 spiro atoms. The normalized spacial score (nSPS) is 34.2. The molecular weight excluding hydrogens is 252 g/mol. The molecule has 3 atom stereocenters. The molecule has 3 aliphatic rings. The Balaban J connectivity index is 1.43. The van der Waals surface area contributed by atoms with E-state index in [0.29, 0.717) is 17.7 Å². The molecule has 108 valence electrons. The van der Waals surface area contributed by atoms with Gasteiger partial charge in [-0.25, -0.2) is 4.98 Å². The summed E-state index contributed by atoms with van der Waals surface area (Å²) < 4.78 is 0. The third kappa shape index (κ3) is 2.14.